The number of anilines is 2. The Kier molecular flexibility index (Phi) is 3.53. The predicted molar refractivity (Wildman–Crippen MR) is 71.5 cm³/mol. The van der Waals surface area contributed by atoms with Gasteiger partial charge < -0.3 is 11.1 Å². The van der Waals surface area contributed by atoms with Gasteiger partial charge in [-0.25, -0.2) is 0 Å². The van der Waals surface area contributed by atoms with Gasteiger partial charge in [0, 0.05) is 11.2 Å². The topological polar surface area (TPSA) is 72.9 Å². The van der Waals surface area contributed by atoms with E-state index >= 15 is 0 Å². The average molecular weight is 265 g/mol. The highest BCUT2D eigenvalue weighted by Crippen LogP contribution is 2.22. The van der Waals surface area contributed by atoms with Crippen molar-refractivity contribution >= 4 is 28.9 Å². The van der Waals surface area contributed by atoms with Crippen LogP contribution in [0.4, 0.5) is 11.4 Å². The highest BCUT2D eigenvalue weighted by molar-refractivity contribution is 6.31. The summed E-state index contributed by atoms with van der Waals surface area (Å²) in [5, 5.41) is 7.28. The molecule has 0 atom stereocenters. The number of nitrogen functional groups attached to an aromatic ring is 1. The van der Waals surface area contributed by atoms with Crippen LogP contribution in [0.5, 0.6) is 0 Å². The van der Waals surface area contributed by atoms with Gasteiger partial charge >= 0.3 is 0 Å². The number of carbonyl (C=O) groups excluding carboxylic acids is 1. The summed E-state index contributed by atoms with van der Waals surface area (Å²) in [5.74, 6) is -0.188. The van der Waals surface area contributed by atoms with Gasteiger partial charge in [-0.2, -0.15) is 5.10 Å². The lowest BCUT2D eigenvalue weighted by Gasteiger charge is -2.08. The Bertz CT molecular complexity index is 579. The van der Waals surface area contributed by atoms with Gasteiger partial charge in [0.15, 0.2) is 0 Å². The van der Waals surface area contributed by atoms with Crippen LogP contribution in [0.3, 0.4) is 0 Å². The van der Waals surface area contributed by atoms with E-state index in [0.717, 1.165) is 5.56 Å². The largest absolute Gasteiger partial charge is 0.397 e. The van der Waals surface area contributed by atoms with Gasteiger partial charge in [-0.1, -0.05) is 11.6 Å². The zero-order valence-corrected chi connectivity index (χ0v) is 10.6. The van der Waals surface area contributed by atoms with Gasteiger partial charge in [0.2, 0.25) is 5.91 Å². The molecule has 0 saturated carbocycles. The number of halogens is 1. The highest BCUT2D eigenvalue weighted by atomic mass is 35.5. The first-order chi connectivity index (χ1) is 8.54. The van der Waals surface area contributed by atoms with E-state index in [4.69, 9.17) is 17.3 Å². The van der Waals surface area contributed by atoms with E-state index in [2.05, 4.69) is 10.4 Å². The molecule has 2 aromatic rings. The fourth-order valence-electron chi connectivity index (χ4n) is 1.54. The van der Waals surface area contributed by atoms with Crippen molar-refractivity contribution in [3.05, 3.63) is 41.2 Å². The van der Waals surface area contributed by atoms with Crippen LogP contribution in [0.15, 0.2) is 30.6 Å². The number of hydrogen-bond acceptors (Lipinski definition) is 3. The molecule has 1 aromatic heterocycles. The van der Waals surface area contributed by atoms with Crippen LogP contribution in [0.1, 0.15) is 5.56 Å². The molecule has 0 saturated heterocycles. The Morgan fingerprint density at radius 3 is 2.94 bits per heavy atom. The second kappa shape index (κ2) is 5.10. The second-order valence-corrected chi connectivity index (χ2v) is 4.43. The standard InChI is InChI=1S/C12H13ClN4O/c1-8-5-15-17(6-8)7-12(18)16-11-3-2-9(13)4-10(11)14/h2-6H,7,14H2,1H3,(H,16,18). The van der Waals surface area contributed by atoms with Crippen LogP contribution in [-0.4, -0.2) is 15.7 Å². The summed E-state index contributed by atoms with van der Waals surface area (Å²) < 4.78 is 1.57. The van der Waals surface area contributed by atoms with Crippen molar-refractivity contribution in [1.29, 1.82) is 0 Å². The molecule has 0 bridgehead atoms. The highest BCUT2D eigenvalue weighted by Gasteiger charge is 2.07. The van der Waals surface area contributed by atoms with Crippen molar-refractivity contribution in [2.75, 3.05) is 11.1 Å². The first-order valence-electron chi connectivity index (χ1n) is 5.38. The van der Waals surface area contributed by atoms with Crippen LogP contribution in [0.25, 0.3) is 0 Å². The van der Waals surface area contributed by atoms with E-state index in [1.165, 1.54) is 0 Å². The number of nitrogens with zero attached hydrogens (tertiary/aromatic N) is 2. The van der Waals surface area contributed by atoms with Crippen molar-refractivity contribution in [1.82, 2.24) is 9.78 Å². The van der Waals surface area contributed by atoms with Crippen molar-refractivity contribution in [3.8, 4) is 0 Å². The summed E-state index contributed by atoms with van der Waals surface area (Å²) in [4.78, 5) is 11.8. The van der Waals surface area contributed by atoms with Crippen LogP contribution in [0.2, 0.25) is 5.02 Å². The minimum atomic E-state index is -0.188. The number of nitrogens with two attached hydrogens (primary N) is 1. The summed E-state index contributed by atoms with van der Waals surface area (Å²) in [5.41, 5.74) is 7.74. The van der Waals surface area contributed by atoms with Crippen molar-refractivity contribution in [2.45, 2.75) is 13.5 Å². The van der Waals surface area contributed by atoms with Crippen LogP contribution in [-0.2, 0) is 11.3 Å². The third-order valence-corrected chi connectivity index (χ3v) is 2.59. The number of aromatic nitrogens is 2. The minimum Gasteiger partial charge on any atom is -0.397 e. The van der Waals surface area contributed by atoms with Crippen molar-refractivity contribution < 1.29 is 4.79 Å². The molecule has 3 N–H and O–H groups in total. The smallest absolute Gasteiger partial charge is 0.246 e. The Morgan fingerprint density at radius 1 is 1.56 bits per heavy atom. The molecular formula is C12H13ClN4O. The first kappa shape index (κ1) is 12.4. The van der Waals surface area contributed by atoms with Gasteiger partial charge in [-0.3, -0.25) is 9.48 Å². The third kappa shape index (κ3) is 3.01. The summed E-state index contributed by atoms with van der Waals surface area (Å²) in [6, 6.07) is 4.94. The summed E-state index contributed by atoms with van der Waals surface area (Å²) in [6.07, 6.45) is 3.49. The molecule has 0 fully saturated rings. The quantitative estimate of drug-likeness (QED) is 0.834. The SMILES string of the molecule is Cc1cnn(CC(=O)Nc2ccc(Cl)cc2N)c1. The summed E-state index contributed by atoms with van der Waals surface area (Å²) in [6.45, 7) is 2.06. The zero-order valence-electron chi connectivity index (χ0n) is 9.85. The minimum absolute atomic E-state index is 0.149. The molecule has 2 rings (SSSR count). The van der Waals surface area contributed by atoms with Crippen LogP contribution < -0.4 is 11.1 Å². The maximum atomic E-state index is 11.8. The molecule has 18 heavy (non-hydrogen) atoms. The van der Waals surface area contributed by atoms with Gasteiger partial charge in [0.25, 0.3) is 0 Å². The maximum Gasteiger partial charge on any atom is 0.246 e. The van der Waals surface area contributed by atoms with E-state index in [9.17, 15) is 4.79 Å². The van der Waals surface area contributed by atoms with E-state index in [1.807, 2.05) is 6.92 Å². The second-order valence-electron chi connectivity index (χ2n) is 4.00. The number of hydrogen-bond donors (Lipinski definition) is 2. The Morgan fingerprint density at radius 2 is 2.33 bits per heavy atom. The number of carbonyl (C=O) groups is 1. The van der Waals surface area contributed by atoms with Gasteiger partial charge in [0.1, 0.15) is 6.54 Å². The fourth-order valence-corrected chi connectivity index (χ4v) is 1.72. The lowest BCUT2D eigenvalue weighted by Crippen LogP contribution is -2.19. The first-order valence-corrected chi connectivity index (χ1v) is 5.76. The van der Waals surface area contributed by atoms with E-state index in [-0.39, 0.29) is 12.5 Å². The molecule has 0 unspecified atom stereocenters. The Labute approximate surface area is 110 Å². The molecule has 1 heterocycles. The molecular weight excluding hydrogens is 252 g/mol. The Hall–Kier alpha value is -2.01. The molecule has 1 amide bonds. The average Bonchev–Trinajstić information content (AvgIpc) is 2.68. The lowest BCUT2D eigenvalue weighted by atomic mass is 10.2. The molecule has 0 radical (unpaired) electrons. The lowest BCUT2D eigenvalue weighted by molar-refractivity contribution is -0.116. The van der Waals surface area contributed by atoms with Crippen molar-refractivity contribution in [2.24, 2.45) is 0 Å². The van der Waals surface area contributed by atoms with Crippen molar-refractivity contribution in [3.63, 3.8) is 0 Å². The van der Waals surface area contributed by atoms with Gasteiger partial charge in [0.05, 0.1) is 17.6 Å². The van der Waals surface area contributed by atoms with E-state index in [1.54, 1.807) is 35.3 Å². The third-order valence-electron chi connectivity index (χ3n) is 2.36. The molecule has 0 aliphatic rings. The molecule has 0 aliphatic heterocycles. The number of rotatable bonds is 3. The zero-order chi connectivity index (χ0) is 13.1. The molecule has 94 valence electrons. The molecule has 1 aromatic carbocycles. The molecule has 0 spiro atoms. The molecule has 6 heteroatoms. The Balaban J connectivity index is 2.03. The van der Waals surface area contributed by atoms with Gasteiger partial charge in [-0.05, 0) is 30.7 Å². The summed E-state index contributed by atoms with van der Waals surface area (Å²) >= 11 is 5.78. The normalized spacial score (nSPS) is 10.3. The molecule has 5 nitrogen and oxygen atoms in total. The maximum absolute atomic E-state index is 11.8. The predicted octanol–water partition coefficient (Wildman–Crippen LogP) is 2.07. The number of nitrogens with one attached hydrogen (secondary N) is 1. The number of benzene rings is 1. The number of aryl methyl sites for hydroxylation is 1. The van der Waals surface area contributed by atoms with Crippen LogP contribution >= 0.6 is 11.6 Å². The van der Waals surface area contributed by atoms with Gasteiger partial charge in [-0.15, -0.1) is 0 Å². The summed E-state index contributed by atoms with van der Waals surface area (Å²) in [7, 11) is 0. The number of amides is 1. The molecule has 0 aliphatic carbocycles. The van der Waals surface area contributed by atoms with E-state index < -0.39 is 0 Å². The fraction of sp³-hybridized carbons (Fsp3) is 0.167. The van der Waals surface area contributed by atoms with E-state index in [0.29, 0.717) is 16.4 Å². The monoisotopic (exact) mass is 264 g/mol. The van der Waals surface area contributed by atoms with Crippen LogP contribution in [0, 0.1) is 6.92 Å².